The van der Waals surface area contributed by atoms with Crippen molar-refractivity contribution in [1.29, 1.82) is 0 Å². The van der Waals surface area contributed by atoms with Gasteiger partial charge in [-0.2, -0.15) is 0 Å². The maximum atomic E-state index is 14.0. The molecule has 9 atom stereocenters. The Balaban J connectivity index is 1.24. The van der Waals surface area contributed by atoms with E-state index in [1.165, 1.54) is 57.8 Å². The second-order valence-corrected chi connectivity index (χ2v) is 15.7. The smallest absolute Gasteiger partial charge is 0.269 e. The zero-order chi connectivity index (χ0) is 29.0. The van der Waals surface area contributed by atoms with Crippen LogP contribution in [-0.4, -0.2) is 14.3 Å². The molecule has 40 heavy (non-hydrogen) atoms. The van der Waals surface area contributed by atoms with E-state index in [0.29, 0.717) is 35.8 Å². The molecule has 0 aromatic heterocycles. The van der Waals surface area contributed by atoms with Crippen LogP contribution in [0.4, 0.5) is 13.2 Å². The van der Waals surface area contributed by atoms with Gasteiger partial charge >= 0.3 is 0 Å². The molecule has 5 rings (SSSR count). The van der Waals surface area contributed by atoms with Crippen molar-refractivity contribution in [3.63, 3.8) is 0 Å². The fourth-order valence-corrected chi connectivity index (χ4v) is 11.7. The molecule has 4 aliphatic carbocycles. The molecule has 4 nitrogen and oxygen atoms in total. The first-order valence-corrected chi connectivity index (χ1v) is 17.0. The minimum absolute atomic E-state index is 0.0498. The summed E-state index contributed by atoms with van der Waals surface area (Å²) < 4.78 is 68.1. The van der Waals surface area contributed by atoms with Crippen LogP contribution in [0, 0.1) is 69.7 Å². The van der Waals surface area contributed by atoms with Gasteiger partial charge in [0.15, 0.2) is 4.90 Å². The van der Waals surface area contributed by atoms with Crippen LogP contribution >= 0.6 is 0 Å². The van der Waals surface area contributed by atoms with Crippen LogP contribution < -0.4 is 4.72 Å². The first-order valence-electron chi connectivity index (χ1n) is 15.5. The Bertz CT molecular complexity index is 1210. The van der Waals surface area contributed by atoms with E-state index in [9.17, 15) is 26.4 Å². The van der Waals surface area contributed by atoms with E-state index in [2.05, 4.69) is 27.7 Å². The molecule has 0 spiro atoms. The number of fused-ring (bicyclic) bond motifs is 5. The molecule has 8 heteroatoms. The van der Waals surface area contributed by atoms with E-state index in [0.717, 1.165) is 30.1 Å². The summed E-state index contributed by atoms with van der Waals surface area (Å²) in [6.07, 6.45) is 13.5. The number of amides is 1. The highest BCUT2D eigenvalue weighted by atomic mass is 32.2. The third kappa shape index (κ3) is 5.02. The van der Waals surface area contributed by atoms with E-state index in [-0.39, 0.29) is 17.8 Å². The molecule has 4 fully saturated rings. The molecule has 3 unspecified atom stereocenters. The number of sulfonamides is 1. The number of hydrogen-bond donors (Lipinski definition) is 1. The monoisotopic (exact) mass is 581 g/mol. The summed E-state index contributed by atoms with van der Waals surface area (Å²) in [5.41, 5.74) is 0.694. The van der Waals surface area contributed by atoms with Crippen molar-refractivity contribution in [2.75, 3.05) is 0 Å². The average molecular weight is 582 g/mol. The molecule has 1 amide bonds. The highest BCUT2D eigenvalue weighted by molar-refractivity contribution is 7.90. The molecular weight excluding hydrogens is 535 g/mol. The maximum absolute atomic E-state index is 14.0. The van der Waals surface area contributed by atoms with Gasteiger partial charge in [0, 0.05) is 18.6 Å². The van der Waals surface area contributed by atoms with Gasteiger partial charge in [-0.15, -0.1) is 0 Å². The molecule has 0 saturated heterocycles. The van der Waals surface area contributed by atoms with Crippen LogP contribution in [0.1, 0.15) is 105 Å². The van der Waals surface area contributed by atoms with E-state index in [1.54, 1.807) is 4.72 Å². The SMILES string of the molecule is CC[C@H]1CC2C3CC[C@H]([C@H](C)CCC(=O)NS(=O)(=O)c4c(F)cc(F)cc4F)[C@@]3(C)CCC2[C@@]2(C)CCCC[C@@H]12. The van der Waals surface area contributed by atoms with Crippen molar-refractivity contribution >= 4 is 15.9 Å². The number of halogens is 3. The lowest BCUT2D eigenvalue weighted by atomic mass is 9.42. The Hall–Kier alpha value is -1.57. The molecule has 0 radical (unpaired) electrons. The molecule has 0 bridgehead atoms. The van der Waals surface area contributed by atoms with Gasteiger partial charge in [0.25, 0.3) is 10.0 Å². The minimum atomic E-state index is -4.79. The summed E-state index contributed by atoms with van der Waals surface area (Å²) in [5, 5.41) is 0. The molecule has 224 valence electrons. The quantitative estimate of drug-likeness (QED) is 0.355. The molecule has 1 N–H and O–H groups in total. The van der Waals surface area contributed by atoms with Gasteiger partial charge in [0.2, 0.25) is 5.91 Å². The third-order valence-electron chi connectivity index (χ3n) is 12.3. The number of rotatable bonds is 7. The van der Waals surface area contributed by atoms with Gasteiger partial charge < -0.3 is 0 Å². The molecule has 0 heterocycles. The lowest BCUT2D eigenvalue weighted by molar-refractivity contribution is -0.138. The van der Waals surface area contributed by atoms with Gasteiger partial charge in [-0.25, -0.2) is 26.3 Å². The Morgan fingerprint density at radius 2 is 1.65 bits per heavy atom. The van der Waals surface area contributed by atoms with Gasteiger partial charge in [-0.1, -0.05) is 47.0 Å². The van der Waals surface area contributed by atoms with Crippen molar-refractivity contribution in [2.24, 2.45) is 52.3 Å². The Morgan fingerprint density at radius 3 is 2.33 bits per heavy atom. The first kappa shape index (κ1) is 29.9. The van der Waals surface area contributed by atoms with Crippen molar-refractivity contribution in [3.8, 4) is 0 Å². The van der Waals surface area contributed by atoms with Crippen molar-refractivity contribution in [2.45, 2.75) is 110 Å². The summed E-state index contributed by atoms with van der Waals surface area (Å²) in [7, 11) is -4.79. The second-order valence-electron chi connectivity index (χ2n) is 14.1. The van der Waals surface area contributed by atoms with Crippen molar-refractivity contribution < 1.29 is 26.4 Å². The number of benzene rings is 1. The van der Waals surface area contributed by atoms with Gasteiger partial charge in [0.05, 0.1) is 0 Å². The average Bonchev–Trinajstić information content (AvgIpc) is 3.22. The molecule has 0 aliphatic heterocycles. The summed E-state index contributed by atoms with van der Waals surface area (Å²) in [5.74, 6) is -0.469. The lowest BCUT2D eigenvalue weighted by Crippen LogP contribution is -2.55. The molecular formula is C32H46F3NO3S. The normalized spacial score (nSPS) is 38.2. The number of hydrogen-bond acceptors (Lipinski definition) is 3. The fraction of sp³-hybridized carbons (Fsp3) is 0.781. The van der Waals surface area contributed by atoms with Crippen LogP contribution in [0.3, 0.4) is 0 Å². The Morgan fingerprint density at radius 1 is 0.975 bits per heavy atom. The number of carbonyl (C=O) groups excluding carboxylic acids is 1. The summed E-state index contributed by atoms with van der Waals surface area (Å²) in [6.45, 7) is 9.64. The first-order chi connectivity index (χ1) is 18.8. The topological polar surface area (TPSA) is 63.2 Å². The third-order valence-corrected chi connectivity index (χ3v) is 13.8. The summed E-state index contributed by atoms with van der Waals surface area (Å²) in [4.78, 5) is 11.3. The van der Waals surface area contributed by atoms with Crippen LogP contribution in [0.25, 0.3) is 0 Å². The number of nitrogens with one attached hydrogen (secondary N) is 1. The van der Waals surface area contributed by atoms with Gasteiger partial charge in [0.1, 0.15) is 17.5 Å². The van der Waals surface area contributed by atoms with E-state index < -0.39 is 38.3 Å². The Kier molecular flexibility index (Phi) is 8.17. The maximum Gasteiger partial charge on any atom is 0.269 e. The van der Waals surface area contributed by atoms with Crippen LogP contribution in [0.15, 0.2) is 17.0 Å². The fourth-order valence-electron chi connectivity index (χ4n) is 10.6. The summed E-state index contributed by atoms with van der Waals surface area (Å²) in [6, 6.07) is 0.583. The zero-order valence-corrected chi connectivity index (χ0v) is 25.3. The largest absolute Gasteiger partial charge is 0.274 e. The molecule has 4 saturated carbocycles. The van der Waals surface area contributed by atoms with Gasteiger partial charge in [-0.05, 0) is 104 Å². The molecule has 1 aromatic carbocycles. The van der Waals surface area contributed by atoms with Crippen LogP contribution in [-0.2, 0) is 14.8 Å². The molecule has 4 aliphatic rings. The minimum Gasteiger partial charge on any atom is -0.274 e. The second kappa shape index (κ2) is 10.9. The van der Waals surface area contributed by atoms with Gasteiger partial charge in [-0.3, -0.25) is 4.79 Å². The standard InChI is InChI=1S/C32H46F3NO3S/c1-5-20-16-22-25-11-10-23(32(25,4)15-13-26(22)31(3)14-7-6-8-24(20)31)19(2)9-12-29(37)36-40(38,39)30-27(34)17-21(33)18-28(30)35/h17-20,22-26H,5-16H2,1-4H3,(H,36,37)/t19-,20+,22?,23-,24+,25?,26?,31+,32-/m1/s1. The lowest BCUT2D eigenvalue weighted by Gasteiger charge is -2.63. The van der Waals surface area contributed by atoms with Crippen LogP contribution in [0.2, 0.25) is 0 Å². The number of carbonyl (C=O) groups is 1. The highest BCUT2D eigenvalue weighted by Gasteiger charge is 2.61. The van der Waals surface area contributed by atoms with E-state index >= 15 is 0 Å². The zero-order valence-electron chi connectivity index (χ0n) is 24.4. The van der Waals surface area contributed by atoms with E-state index in [4.69, 9.17) is 0 Å². The molecule has 1 aromatic rings. The highest BCUT2D eigenvalue weighted by Crippen LogP contribution is 2.69. The predicted molar refractivity (Wildman–Crippen MR) is 149 cm³/mol. The van der Waals surface area contributed by atoms with Crippen molar-refractivity contribution in [1.82, 2.24) is 4.72 Å². The van der Waals surface area contributed by atoms with Crippen molar-refractivity contribution in [3.05, 3.63) is 29.6 Å². The predicted octanol–water partition coefficient (Wildman–Crippen LogP) is 8.01. The summed E-state index contributed by atoms with van der Waals surface area (Å²) >= 11 is 0. The Labute approximate surface area is 238 Å². The van der Waals surface area contributed by atoms with Crippen LogP contribution in [0.5, 0.6) is 0 Å². The van der Waals surface area contributed by atoms with E-state index in [1.807, 2.05) is 0 Å².